The van der Waals surface area contributed by atoms with Crippen LogP contribution >= 0.6 is 0 Å². The van der Waals surface area contributed by atoms with E-state index in [1.54, 1.807) is 0 Å². The number of carbonyl (C=O) groups excluding carboxylic acids is 1. The molecule has 6 nitrogen and oxygen atoms in total. The van der Waals surface area contributed by atoms with Crippen LogP contribution in [0.1, 0.15) is 38.3 Å². The summed E-state index contributed by atoms with van der Waals surface area (Å²) in [4.78, 5) is 12.1. The summed E-state index contributed by atoms with van der Waals surface area (Å²) < 4.78 is 16.7. The van der Waals surface area contributed by atoms with Gasteiger partial charge >= 0.3 is 6.03 Å². The highest BCUT2D eigenvalue weighted by atomic mass is 16.6. The number of hydrogen-bond acceptors (Lipinski definition) is 4. The average Bonchev–Trinajstić information content (AvgIpc) is 3.08. The summed E-state index contributed by atoms with van der Waals surface area (Å²) >= 11 is 0. The van der Waals surface area contributed by atoms with Crippen LogP contribution in [0.25, 0.3) is 0 Å². The lowest BCUT2D eigenvalue weighted by Crippen LogP contribution is -2.46. The van der Waals surface area contributed by atoms with E-state index in [2.05, 4.69) is 10.6 Å². The van der Waals surface area contributed by atoms with Crippen molar-refractivity contribution in [1.82, 2.24) is 10.6 Å². The summed E-state index contributed by atoms with van der Waals surface area (Å²) in [5.41, 5.74) is 0.981. The smallest absolute Gasteiger partial charge is 0.315 e. The molecule has 1 fully saturated rings. The molecule has 1 aromatic rings. The zero-order valence-electron chi connectivity index (χ0n) is 13.6. The number of benzene rings is 1. The summed E-state index contributed by atoms with van der Waals surface area (Å²) in [6, 6.07) is 5.45. The third-order valence-corrected chi connectivity index (χ3v) is 4.30. The molecular weight excluding hydrogens is 296 g/mol. The molecular formula is C17H24N2O4. The Labute approximate surface area is 136 Å². The van der Waals surface area contributed by atoms with Gasteiger partial charge in [0.1, 0.15) is 13.2 Å². The van der Waals surface area contributed by atoms with Gasteiger partial charge in [-0.15, -0.1) is 0 Å². The fourth-order valence-corrected chi connectivity index (χ4v) is 2.95. The van der Waals surface area contributed by atoms with Gasteiger partial charge in [-0.3, -0.25) is 0 Å². The van der Waals surface area contributed by atoms with Gasteiger partial charge in [0, 0.05) is 6.61 Å². The zero-order chi connectivity index (χ0) is 16.2. The molecule has 3 atom stereocenters. The number of ether oxygens (including phenoxy) is 3. The fraction of sp³-hybridized carbons (Fsp3) is 0.588. The van der Waals surface area contributed by atoms with Crippen molar-refractivity contribution in [3.05, 3.63) is 23.8 Å². The van der Waals surface area contributed by atoms with Gasteiger partial charge in [-0.05, 0) is 44.4 Å². The van der Waals surface area contributed by atoms with Crippen molar-refractivity contribution in [2.45, 2.75) is 44.9 Å². The maximum atomic E-state index is 12.1. The molecule has 0 aliphatic carbocycles. The first-order valence-corrected chi connectivity index (χ1v) is 8.21. The molecule has 0 spiro atoms. The Kier molecular flexibility index (Phi) is 4.91. The second-order valence-corrected chi connectivity index (χ2v) is 6.08. The molecule has 23 heavy (non-hydrogen) atoms. The Hall–Kier alpha value is -1.95. The SMILES string of the molecule is CC(NC(=O)NC(C)C1CCCO1)c1ccc2c(c1)OCCO2. The Morgan fingerprint density at radius 2 is 1.91 bits per heavy atom. The van der Waals surface area contributed by atoms with Gasteiger partial charge in [-0.2, -0.15) is 0 Å². The minimum Gasteiger partial charge on any atom is -0.486 e. The molecule has 2 heterocycles. The van der Waals surface area contributed by atoms with Crippen LogP contribution in [0.3, 0.4) is 0 Å². The van der Waals surface area contributed by atoms with Crippen molar-refractivity contribution in [2.24, 2.45) is 0 Å². The average molecular weight is 320 g/mol. The Morgan fingerprint density at radius 3 is 2.65 bits per heavy atom. The molecule has 3 rings (SSSR count). The lowest BCUT2D eigenvalue weighted by molar-refractivity contribution is 0.0859. The standard InChI is InChI=1S/C17H24N2O4/c1-11(13-5-6-15-16(10-13)23-9-8-22-15)18-17(20)19-12(2)14-4-3-7-21-14/h5-6,10-12,14H,3-4,7-9H2,1-2H3,(H2,18,19,20). The van der Waals surface area contributed by atoms with Crippen molar-refractivity contribution >= 4 is 6.03 Å². The number of hydrogen-bond donors (Lipinski definition) is 2. The Balaban J connectivity index is 1.55. The van der Waals surface area contributed by atoms with Crippen LogP contribution < -0.4 is 20.1 Å². The number of carbonyl (C=O) groups is 1. The molecule has 0 bridgehead atoms. The van der Waals surface area contributed by atoms with Gasteiger partial charge < -0.3 is 24.8 Å². The fourth-order valence-electron chi connectivity index (χ4n) is 2.95. The quantitative estimate of drug-likeness (QED) is 0.894. The van der Waals surface area contributed by atoms with Gasteiger partial charge in [0.2, 0.25) is 0 Å². The first kappa shape index (κ1) is 15.9. The predicted octanol–water partition coefficient (Wildman–Crippen LogP) is 2.39. The zero-order valence-corrected chi connectivity index (χ0v) is 13.6. The number of nitrogens with one attached hydrogen (secondary N) is 2. The first-order chi connectivity index (χ1) is 11.1. The van der Waals surface area contributed by atoms with E-state index in [0.717, 1.165) is 36.5 Å². The van der Waals surface area contributed by atoms with Crippen LogP contribution in [-0.4, -0.2) is 38.0 Å². The van der Waals surface area contributed by atoms with Crippen molar-refractivity contribution in [1.29, 1.82) is 0 Å². The molecule has 3 unspecified atom stereocenters. The van der Waals surface area contributed by atoms with Gasteiger partial charge in [0.05, 0.1) is 18.2 Å². The molecule has 2 amide bonds. The molecule has 126 valence electrons. The topological polar surface area (TPSA) is 68.8 Å². The highest BCUT2D eigenvalue weighted by Gasteiger charge is 2.24. The van der Waals surface area contributed by atoms with E-state index in [4.69, 9.17) is 14.2 Å². The first-order valence-electron chi connectivity index (χ1n) is 8.21. The molecule has 2 N–H and O–H groups in total. The molecule has 2 aliphatic heterocycles. The van der Waals surface area contributed by atoms with Crippen LogP contribution in [0.15, 0.2) is 18.2 Å². The molecule has 0 aromatic heterocycles. The molecule has 0 saturated carbocycles. The van der Waals surface area contributed by atoms with Gasteiger partial charge in [0.25, 0.3) is 0 Å². The summed E-state index contributed by atoms with van der Waals surface area (Å²) in [6.45, 7) is 5.83. The minimum atomic E-state index is -0.185. The molecule has 1 aromatic carbocycles. The monoisotopic (exact) mass is 320 g/mol. The number of urea groups is 1. The second-order valence-electron chi connectivity index (χ2n) is 6.08. The van der Waals surface area contributed by atoms with E-state index in [9.17, 15) is 4.79 Å². The van der Waals surface area contributed by atoms with Crippen LogP contribution in [0.5, 0.6) is 11.5 Å². The van der Waals surface area contributed by atoms with E-state index < -0.39 is 0 Å². The third kappa shape index (κ3) is 3.88. The lowest BCUT2D eigenvalue weighted by Gasteiger charge is -2.23. The van der Waals surface area contributed by atoms with Gasteiger partial charge in [0.15, 0.2) is 11.5 Å². The van der Waals surface area contributed by atoms with Crippen molar-refractivity contribution in [2.75, 3.05) is 19.8 Å². The van der Waals surface area contributed by atoms with Crippen LogP contribution in [0.2, 0.25) is 0 Å². The molecule has 2 aliphatic rings. The van der Waals surface area contributed by atoms with Crippen molar-refractivity contribution in [3.8, 4) is 11.5 Å². The van der Waals surface area contributed by atoms with E-state index in [1.807, 2.05) is 32.0 Å². The normalized spacial score (nSPS) is 22.3. The number of rotatable bonds is 4. The molecule has 6 heteroatoms. The maximum Gasteiger partial charge on any atom is 0.315 e. The van der Waals surface area contributed by atoms with Crippen LogP contribution in [0, 0.1) is 0 Å². The minimum absolute atomic E-state index is 0.00460. The van der Waals surface area contributed by atoms with E-state index in [-0.39, 0.29) is 24.2 Å². The van der Waals surface area contributed by atoms with Crippen LogP contribution in [0.4, 0.5) is 4.79 Å². The lowest BCUT2D eigenvalue weighted by atomic mass is 10.1. The van der Waals surface area contributed by atoms with Crippen molar-refractivity contribution < 1.29 is 19.0 Å². The summed E-state index contributed by atoms with van der Waals surface area (Å²) in [5, 5.41) is 5.91. The van der Waals surface area contributed by atoms with E-state index in [0.29, 0.717) is 13.2 Å². The number of amides is 2. The highest BCUT2D eigenvalue weighted by molar-refractivity contribution is 5.74. The van der Waals surface area contributed by atoms with Gasteiger partial charge in [-0.1, -0.05) is 6.07 Å². The van der Waals surface area contributed by atoms with E-state index in [1.165, 1.54) is 0 Å². The summed E-state index contributed by atoms with van der Waals surface area (Å²) in [6.07, 6.45) is 2.18. The largest absolute Gasteiger partial charge is 0.486 e. The summed E-state index contributed by atoms with van der Waals surface area (Å²) in [5.74, 6) is 1.49. The van der Waals surface area contributed by atoms with Gasteiger partial charge in [-0.25, -0.2) is 4.79 Å². The van der Waals surface area contributed by atoms with E-state index >= 15 is 0 Å². The highest BCUT2D eigenvalue weighted by Crippen LogP contribution is 2.32. The second kappa shape index (κ2) is 7.08. The Bertz CT molecular complexity index is 558. The molecule has 0 radical (unpaired) electrons. The van der Waals surface area contributed by atoms with Crippen molar-refractivity contribution in [3.63, 3.8) is 0 Å². The Morgan fingerprint density at radius 1 is 1.13 bits per heavy atom. The maximum absolute atomic E-state index is 12.1. The number of fused-ring (bicyclic) bond motifs is 1. The molecule has 1 saturated heterocycles. The summed E-state index contributed by atoms with van der Waals surface area (Å²) in [7, 11) is 0. The predicted molar refractivity (Wildman–Crippen MR) is 86.0 cm³/mol. The third-order valence-electron chi connectivity index (χ3n) is 4.30. The van der Waals surface area contributed by atoms with Crippen LogP contribution in [-0.2, 0) is 4.74 Å².